The van der Waals surface area contributed by atoms with Gasteiger partial charge >= 0.3 is 0 Å². The average Bonchev–Trinajstić information content (AvgIpc) is 2.62. The van der Waals surface area contributed by atoms with Gasteiger partial charge in [-0.2, -0.15) is 0 Å². The van der Waals surface area contributed by atoms with Crippen LogP contribution in [-0.2, 0) is 0 Å². The van der Waals surface area contributed by atoms with Crippen LogP contribution in [0.15, 0.2) is 18.3 Å². The van der Waals surface area contributed by atoms with E-state index in [0.717, 1.165) is 11.1 Å². The van der Waals surface area contributed by atoms with Crippen molar-refractivity contribution in [1.29, 1.82) is 0 Å². The van der Waals surface area contributed by atoms with E-state index in [1.54, 1.807) is 6.07 Å². The highest BCUT2D eigenvalue weighted by atomic mass is 32.1. The molecule has 0 saturated carbocycles. The number of pyridine rings is 1. The summed E-state index contributed by atoms with van der Waals surface area (Å²) in [5.74, 6) is -0.454. The molecule has 5 heteroatoms. The first-order valence-electron chi connectivity index (χ1n) is 4.68. The summed E-state index contributed by atoms with van der Waals surface area (Å²) in [7, 11) is 0. The number of rotatable bonds is 2. The van der Waals surface area contributed by atoms with Gasteiger partial charge in [-0.25, -0.2) is 9.37 Å². The third kappa shape index (κ3) is 1.99. The van der Waals surface area contributed by atoms with Crippen LogP contribution in [0.1, 0.15) is 21.6 Å². The molecule has 0 N–H and O–H groups in total. The molecule has 0 aliphatic rings. The van der Waals surface area contributed by atoms with E-state index in [1.165, 1.54) is 24.3 Å². The predicted molar refractivity (Wildman–Crippen MR) is 60.0 cm³/mol. The Bertz CT molecular complexity index is 533. The summed E-state index contributed by atoms with van der Waals surface area (Å²) < 4.78 is 12.7. The largest absolute Gasteiger partial charge is 0.292 e. The smallest absolute Gasteiger partial charge is 0.188 e. The minimum absolute atomic E-state index is 0.0681. The molecule has 82 valence electrons. The Kier molecular flexibility index (Phi) is 2.78. The number of hydrogen-bond acceptors (Lipinski definition) is 4. The van der Waals surface area contributed by atoms with Crippen molar-refractivity contribution in [3.05, 3.63) is 34.0 Å². The standard InChI is InChI=1S/C11H9FN2OS/c1-6(15)11-14-10(7(2)16-11)9-4-3-8(12)5-13-9/h3-5H,1-2H3. The fourth-order valence-corrected chi connectivity index (χ4v) is 2.12. The van der Waals surface area contributed by atoms with Crippen molar-refractivity contribution in [3.8, 4) is 11.4 Å². The summed E-state index contributed by atoms with van der Waals surface area (Å²) in [4.78, 5) is 20.2. The minimum Gasteiger partial charge on any atom is -0.292 e. The molecule has 0 bridgehead atoms. The van der Waals surface area contributed by atoms with Gasteiger partial charge in [0, 0.05) is 11.8 Å². The number of aromatic nitrogens is 2. The molecule has 2 heterocycles. The van der Waals surface area contributed by atoms with Crippen molar-refractivity contribution in [2.75, 3.05) is 0 Å². The zero-order chi connectivity index (χ0) is 11.7. The van der Waals surface area contributed by atoms with Crippen molar-refractivity contribution in [2.24, 2.45) is 0 Å². The summed E-state index contributed by atoms with van der Waals surface area (Å²) >= 11 is 1.33. The van der Waals surface area contributed by atoms with E-state index in [2.05, 4.69) is 9.97 Å². The Balaban J connectivity index is 2.47. The van der Waals surface area contributed by atoms with Gasteiger partial charge in [-0.05, 0) is 19.1 Å². The molecule has 2 rings (SSSR count). The molecule has 0 aromatic carbocycles. The number of carbonyl (C=O) groups excluding carboxylic acids is 1. The van der Waals surface area contributed by atoms with Crippen molar-refractivity contribution < 1.29 is 9.18 Å². The molecular weight excluding hydrogens is 227 g/mol. The van der Waals surface area contributed by atoms with Gasteiger partial charge in [-0.15, -0.1) is 11.3 Å². The Labute approximate surface area is 96.0 Å². The van der Waals surface area contributed by atoms with Crippen LogP contribution < -0.4 is 0 Å². The molecule has 0 amide bonds. The lowest BCUT2D eigenvalue weighted by Gasteiger charge is -1.96. The number of halogens is 1. The number of ketones is 1. The molecule has 0 aliphatic heterocycles. The first-order chi connectivity index (χ1) is 7.58. The van der Waals surface area contributed by atoms with Crippen LogP contribution >= 0.6 is 11.3 Å². The highest BCUT2D eigenvalue weighted by Gasteiger charge is 2.13. The van der Waals surface area contributed by atoms with E-state index in [-0.39, 0.29) is 11.6 Å². The normalized spacial score (nSPS) is 10.4. The first-order valence-corrected chi connectivity index (χ1v) is 5.50. The highest BCUT2D eigenvalue weighted by Crippen LogP contribution is 2.26. The van der Waals surface area contributed by atoms with Gasteiger partial charge in [0.1, 0.15) is 11.5 Å². The van der Waals surface area contributed by atoms with Crippen LogP contribution in [0.5, 0.6) is 0 Å². The van der Waals surface area contributed by atoms with E-state index in [4.69, 9.17) is 0 Å². The second-order valence-electron chi connectivity index (χ2n) is 3.34. The summed E-state index contributed by atoms with van der Waals surface area (Å²) in [5.41, 5.74) is 1.23. The molecule has 2 aromatic heterocycles. The van der Waals surface area contributed by atoms with Gasteiger partial charge in [0.05, 0.1) is 11.9 Å². The summed E-state index contributed by atoms with van der Waals surface area (Å²) in [5, 5.41) is 0.457. The van der Waals surface area contributed by atoms with Gasteiger partial charge in [0.2, 0.25) is 0 Å². The number of aryl methyl sites for hydroxylation is 1. The molecule has 0 unspecified atom stereocenters. The van der Waals surface area contributed by atoms with Crippen molar-refractivity contribution in [2.45, 2.75) is 13.8 Å². The molecular formula is C11H9FN2OS. The fourth-order valence-electron chi connectivity index (χ4n) is 1.30. The van der Waals surface area contributed by atoms with Gasteiger partial charge in [-0.3, -0.25) is 9.78 Å². The number of hydrogen-bond donors (Lipinski definition) is 0. The molecule has 0 radical (unpaired) electrons. The van der Waals surface area contributed by atoms with Crippen molar-refractivity contribution in [3.63, 3.8) is 0 Å². The summed E-state index contributed by atoms with van der Waals surface area (Å²) in [6.07, 6.45) is 1.14. The third-order valence-corrected chi connectivity index (χ3v) is 3.14. The maximum absolute atomic E-state index is 12.7. The SMILES string of the molecule is CC(=O)c1nc(-c2ccc(F)cn2)c(C)s1. The second kappa shape index (κ2) is 4.09. The van der Waals surface area contributed by atoms with E-state index < -0.39 is 0 Å². The Morgan fingerprint density at radius 2 is 2.19 bits per heavy atom. The maximum atomic E-state index is 12.7. The van der Waals surface area contributed by atoms with Crippen LogP contribution in [0, 0.1) is 12.7 Å². The molecule has 0 aliphatic carbocycles. The second-order valence-corrected chi connectivity index (χ2v) is 4.54. The molecule has 0 atom stereocenters. The lowest BCUT2D eigenvalue weighted by Crippen LogP contribution is -1.91. The summed E-state index contributed by atoms with van der Waals surface area (Å²) in [6, 6.07) is 2.88. The number of nitrogens with zero attached hydrogens (tertiary/aromatic N) is 2. The van der Waals surface area contributed by atoms with Crippen LogP contribution in [0.2, 0.25) is 0 Å². The van der Waals surface area contributed by atoms with Gasteiger partial charge in [0.25, 0.3) is 0 Å². The van der Waals surface area contributed by atoms with Crippen molar-refractivity contribution in [1.82, 2.24) is 9.97 Å². The zero-order valence-corrected chi connectivity index (χ0v) is 9.64. The number of Topliss-reactive ketones (excluding diaryl/α,β-unsaturated/α-hetero) is 1. The quantitative estimate of drug-likeness (QED) is 0.753. The lowest BCUT2D eigenvalue weighted by atomic mass is 10.2. The van der Waals surface area contributed by atoms with Crippen LogP contribution in [-0.4, -0.2) is 15.8 Å². The van der Waals surface area contributed by atoms with Gasteiger partial charge in [0.15, 0.2) is 10.8 Å². The van der Waals surface area contributed by atoms with E-state index >= 15 is 0 Å². The van der Waals surface area contributed by atoms with Gasteiger partial charge < -0.3 is 0 Å². The van der Waals surface area contributed by atoms with E-state index in [0.29, 0.717) is 16.4 Å². The lowest BCUT2D eigenvalue weighted by molar-refractivity contribution is 0.101. The minimum atomic E-state index is -0.386. The molecule has 16 heavy (non-hydrogen) atoms. The third-order valence-electron chi connectivity index (χ3n) is 2.07. The van der Waals surface area contributed by atoms with Gasteiger partial charge in [-0.1, -0.05) is 0 Å². The number of carbonyl (C=O) groups is 1. The summed E-state index contributed by atoms with van der Waals surface area (Å²) in [6.45, 7) is 3.34. The average molecular weight is 236 g/mol. The van der Waals surface area contributed by atoms with Crippen LogP contribution in [0.3, 0.4) is 0 Å². The zero-order valence-electron chi connectivity index (χ0n) is 8.82. The Morgan fingerprint density at radius 3 is 2.69 bits per heavy atom. The molecule has 0 fully saturated rings. The van der Waals surface area contributed by atoms with Crippen molar-refractivity contribution >= 4 is 17.1 Å². The van der Waals surface area contributed by atoms with E-state index in [9.17, 15) is 9.18 Å². The predicted octanol–water partition coefficient (Wildman–Crippen LogP) is 2.86. The van der Waals surface area contributed by atoms with Crippen LogP contribution in [0.25, 0.3) is 11.4 Å². The molecule has 0 spiro atoms. The van der Waals surface area contributed by atoms with E-state index in [1.807, 2.05) is 6.92 Å². The Hall–Kier alpha value is -1.62. The topological polar surface area (TPSA) is 42.9 Å². The highest BCUT2D eigenvalue weighted by molar-refractivity contribution is 7.14. The molecule has 3 nitrogen and oxygen atoms in total. The first kappa shape index (κ1) is 10.9. The monoisotopic (exact) mass is 236 g/mol. The molecule has 0 saturated heterocycles. The Morgan fingerprint density at radius 1 is 1.44 bits per heavy atom. The number of thiazole rings is 1. The maximum Gasteiger partial charge on any atom is 0.188 e. The van der Waals surface area contributed by atoms with Crippen LogP contribution in [0.4, 0.5) is 4.39 Å². The fraction of sp³-hybridized carbons (Fsp3) is 0.182. The molecule has 2 aromatic rings.